The molecule has 0 bridgehead atoms. The van der Waals surface area contributed by atoms with Crippen molar-refractivity contribution in [3.8, 4) is 0 Å². The van der Waals surface area contributed by atoms with Gasteiger partial charge in [0.2, 0.25) is 0 Å². The van der Waals surface area contributed by atoms with Gasteiger partial charge in [0.05, 0.1) is 6.61 Å². The summed E-state index contributed by atoms with van der Waals surface area (Å²) in [5.41, 5.74) is 0. The van der Waals surface area contributed by atoms with Gasteiger partial charge >= 0.3 is 0 Å². The van der Waals surface area contributed by atoms with Crippen LogP contribution in [-0.2, 0) is 30.3 Å². The van der Waals surface area contributed by atoms with Crippen molar-refractivity contribution in [2.75, 3.05) is 20.8 Å². The van der Waals surface area contributed by atoms with E-state index in [1.54, 1.807) is 0 Å². The van der Waals surface area contributed by atoms with Crippen molar-refractivity contribution in [2.45, 2.75) is 24.3 Å². The molecule has 5 atom stereocenters. The standard InChI is InChI=1S/C7H14BO6PS/c1-11-3-4-6(5(9)7(8)13-4)14-15(10,16)12-2/h4-7,9H,3H2,1-2H3,(H,10,16)/p-1/t4-,5-,6-,7-,15?/m0/s1. The summed E-state index contributed by atoms with van der Waals surface area (Å²) >= 11 is 4.57. The van der Waals surface area contributed by atoms with E-state index < -0.39 is 31.0 Å². The first kappa shape index (κ1) is 14.5. The molecule has 6 nitrogen and oxygen atoms in total. The molecule has 1 unspecified atom stereocenters. The predicted molar refractivity (Wildman–Crippen MR) is 58.5 cm³/mol. The molecule has 92 valence electrons. The molecule has 0 spiro atoms. The van der Waals surface area contributed by atoms with E-state index >= 15 is 0 Å². The van der Waals surface area contributed by atoms with Gasteiger partial charge < -0.3 is 28.5 Å². The van der Waals surface area contributed by atoms with Gasteiger partial charge in [-0.1, -0.05) is 11.8 Å². The summed E-state index contributed by atoms with van der Waals surface area (Å²) in [5.74, 6) is 0. The molecule has 0 saturated carbocycles. The number of rotatable bonds is 5. The van der Waals surface area contributed by atoms with Crippen molar-refractivity contribution in [3.05, 3.63) is 0 Å². The van der Waals surface area contributed by atoms with Crippen LogP contribution in [-0.4, -0.2) is 58.1 Å². The third-order valence-electron chi connectivity index (χ3n) is 2.18. The average molecular weight is 267 g/mol. The van der Waals surface area contributed by atoms with Gasteiger partial charge in [-0.3, -0.25) is 0 Å². The summed E-state index contributed by atoms with van der Waals surface area (Å²) in [6.45, 7) is -3.47. The Morgan fingerprint density at radius 1 is 1.56 bits per heavy atom. The lowest BCUT2D eigenvalue weighted by Gasteiger charge is -2.31. The fourth-order valence-electron chi connectivity index (χ4n) is 1.39. The lowest BCUT2D eigenvalue weighted by atomic mass is 9.93. The number of methoxy groups -OCH3 is 1. The van der Waals surface area contributed by atoms with Gasteiger partial charge in [-0.05, 0) is 0 Å². The molecular formula is C7H13BO6PS-. The van der Waals surface area contributed by atoms with Gasteiger partial charge in [0, 0.05) is 20.2 Å². The van der Waals surface area contributed by atoms with E-state index in [2.05, 4.69) is 16.3 Å². The summed E-state index contributed by atoms with van der Waals surface area (Å²) in [6, 6.07) is -0.919. The van der Waals surface area contributed by atoms with Crippen molar-refractivity contribution < 1.29 is 28.5 Å². The van der Waals surface area contributed by atoms with Crippen LogP contribution in [0, 0.1) is 0 Å². The minimum atomic E-state index is -3.62. The molecule has 0 aromatic carbocycles. The van der Waals surface area contributed by atoms with E-state index in [-0.39, 0.29) is 6.61 Å². The topological polar surface area (TPSA) is 80.2 Å². The molecule has 0 aromatic heterocycles. The van der Waals surface area contributed by atoms with E-state index in [9.17, 15) is 10.00 Å². The highest BCUT2D eigenvalue weighted by Gasteiger charge is 2.42. The maximum absolute atomic E-state index is 11.5. The van der Waals surface area contributed by atoms with Gasteiger partial charge in [0.1, 0.15) is 32.9 Å². The number of hydrogen-bond acceptors (Lipinski definition) is 7. The Kier molecular flexibility index (Phi) is 5.35. The van der Waals surface area contributed by atoms with Gasteiger partial charge in [0.15, 0.2) is 0 Å². The summed E-state index contributed by atoms with van der Waals surface area (Å²) in [5, 5.41) is 9.66. The quantitative estimate of drug-likeness (QED) is 0.479. The summed E-state index contributed by atoms with van der Waals surface area (Å²) in [7, 11) is 8.10. The second-order valence-corrected chi connectivity index (χ2v) is 6.10. The summed E-state index contributed by atoms with van der Waals surface area (Å²) in [4.78, 5) is 11.5. The highest BCUT2D eigenvalue weighted by atomic mass is 32.5. The Morgan fingerprint density at radius 3 is 2.69 bits per heavy atom. The van der Waals surface area contributed by atoms with Crippen LogP contribution >= 0.6 is 6.72 Å². The van der Waals surface area contributed by atoms with Crippen LogP contribution in [0.25, 0.3) is 0 Å². The molecule has 2 radical (unpaired) electrons. The molecule has 0 aliphatic carbocycles. The third kappa shape index (κ3) is 3.48. The summed E-state index contributed by atoms with van der Waals surface area (Å²) in [6.07, 6.45) is -2.66. The molecule has 1 saturated heterocycles. The first-order valence-corrected chi connectivity index (χ1v) is 7.10. The Morgan fingerprint density at radius 2 is 2.19 bits per heavy atom. The molecule has 1 N–H and O–H groups in total. The SMILES string of the molecule is [B][C@H]1O[C@@H](COC)[C@H](OP([O-])(=S)OC)[C@@H]1O. The largest absolute Gasteiger partial charge is 0.780 e. The van der Waals surface area contributed by atoms with Crippen LogP contribution in [0.5, 0.6) is 0 Å². The highest BCUT2D eigenvalue weighted by molar-refractivity contribution is 8.06. The number of ether oxygens (including phenoxy) is 2. The average Bonchev–Trinajstić information content (AvgIpc) is 2.47. The van der Waals surface area contributed by atoms with Gasteiger partial charge in [-0.15, -0.1) is 0 Å². The van der Waals surface area contributed by atoms with Crippen LogP contribution < -0.4 is 4.89 Å². The smallest absolute Gasteiger partial charge is 0.120 e. The molecule has 16 heavy (non-hydrogen) atoms. The normalized spacial score (nSPS) is 38.5. The number of hydrogen-bond donors (Lipinski definition) is 1. The number of aliphatic hydroxyl groups is 1. The second kappa shape index (κ2) is 5.88. The van der Waals surface area contributed by atoms with Crippen molar-refractivity contribution in [1.82, 2.24) is 0 Å². The molecule has 9 heteroatoms. The third-order valence-corrected chi connectivity index (χ3v) is 3.83. The van der Waals surface area contributed by atoms with E-state index in [0.717, 1.165) is 0 Å². The molecule has 1 rings (SSSR count). The Labute approximate surface area is 100 Å². The highest BCUT2D eigenvalue weighted by Crippen LogP contribution is 2.42. The first-order chi connectivity index (χ1) is 7.41. The maximum Gasteiger partial charge on any atom is 0.120 e. The van der Waals surface area contributed by atoms with E-state index in [0.29, 0.717) is 0 Å². The monoisotopic (exact) mass is 267 g/mol. The lowest BCUT2D eigenvalue weighted by Crippen LogP contribution is -2.37. The predicted octanol–water partition coefficient (Wildman–Crippen LogP) is -1.50. The van der Waals surface area contributed by atoms with Crippen LogP contribution in [0.3, 0.4) is 0 Å². The van der Waals surface area contributed by atoms with Crippen molar-refractivity contribution in [2.24, 2.45) is 0 Å². The first-order valence-electron chi connectivity index (χ1n) is 4.54. The van der Waals surface area contributed by atoms with E-state index in [4.69, 9.17) is 21.8 Å². The zero-order valence-corrected chi connectivity index (χ0v) is 10.6. The van der Waals surface area contributed by atoms with Crippen LogP contribution in [0.1, 0.15) is 0 Å². The van der Waals surface area contributed by atoms with Crippen molar-refractivity contribution in [1.29, 1.82) is 0 Å². The summed E-state index contributed by atoms with van der Waals surface area (Å²) < 4.78 is 19.6. The maximum atomic E-state index is 11.5. The van der Waals surface area contributed by atoms with Crippen LogP contribution in [0.4, 0.5) is 0 Å². The Balaban J connectivity index is 2.70. The second-order valence-electron chi connectivity index (χ2n) is 3.28. The molecule has 1 aliphatic heterocycles. The molecular weight excluding hydrogens is 254 g/mol. The van der Waals surface area contributed by atoms with Crippen molar-refractivity contribution in [3.63, 3.8) is 0 Å². The van der Waals surface area contributed by atoms with Crippen LogP contribution in [0.2, 0.25) is 0 Å². The zero-order valence-electron chi connectivity index (χ0n) is 8.94. The van der Waals surface area contributed by atoms with Gasteiger partial charge in [0.25, 0.3) is 0 Å². The molecule has 1 aliphatic rings. The fraction of sp³-hybridized carbons (Fsp3) is 1.00. The Bertz CT molecular complexity index is 280. The van der Waals surface area contributed by atoms with Crippen LogP contribution in [0.15, 0.2) is 0 Å². The fourth-order valence-corrected chi connectivity index (χ4v) is 2.33. The van der Waals surface area contributed by atoms with Gasteiger partial charge in [-0.2, -0.15) is 0 Å². The van der Waals surface area contributed by atoms with E-state index in [1.165, 1.54) is 14.2 Å². The Hall–Kier alpha value is 0.475. The lowest BCUT2D eigenvalue weighted by molar-refractivity contribution is -0.212. The van der Waals surface area contributed by atoms with E-state index in [1.807, 2.05) is 0 Å². The molecule has 0 amide bonds. The molecule has 1 fully saturated rings. The number of aliphatic hydroxyl groups excluding tert-OH is 1. The molecule has 0 aromatic rings. The minimum Gasteiger partial charge on any atom is -0.780 e. The minimum absolute atomic E-state index is 0.147. The molecule has 1 heterocycles. The van der Waals surface area contributed by atoms with Gasteiger partial charge in [-0.25, -0.2) is 0 Å². The zero-order chi connectivity index (χ0) is 12.3. The van der Waals surface area contributed by atoms with Crippen molar-refractivity contribution >= 4 is 26.4 Å².